The third kappa shape index (κ3) is 26.6. The van der Waals surface area contributed by atoms with Crippen LogP contribution >= 0.6 is 0 Å². The molecule has 0 aromatic rings. The molecule has 0 aliphatic heterocycles. The Morgan fingerprint density at radius 2 is 0.847 bits per heavy atom. The van der Waals surface area contributed by atoms with Crippen LogP contribution in [0.4, 0.5) is 0 Å². The maximum absolute atomic E-state index is 2.44. The molecule has 430 valence electrons. The van der Waals surface area contributed by atoms with E-state index in [9.17, 15) is 0 Å². The molecule has 0 amide bonds. The minimum Gasteiger partial charge on any atom is -0.0654 e. The molecular formula is C72H142. The van der Waals surface area contributed by atoms with Crippen molar-refractivity contribution in [3.63, 3.8) is 0 Å². The third-order valence-electron chi connectivity index (χ3n) is 23.5. The summed E-state index contributed by atoms with van der Waals surface area (Å²) in [5.74, 6) is 11.5. The number of fused-ring (bicyclic) bond motifs is 2. The van der Waals surface area contributed by atoms with Crippen LogP contribution in [-0.4, -0.2) is 0 Å². The Balaban J connectivity index is 0.000000278. The van der Waals surface area contributed by atoms with Gasteiger partial charge < -0.3 is 0 Å². The fourth-order valence-electron chi connectivity index (χ4n) is 15.7. The molecule has 2 bridgehead atoms. The van der Waals surface area contributed by atoms with Crippen molar-refractivity contribution in [2.45, 2.75) is 369 Å². The zero-order valence-electron chi connectivity index (χ0n) is 54.0. The number of rotatable bonds is 6. The summed E-state index contributed by atoms with van der Waals surface area (Å²) in [5.41, 5.74) is 3.44. The summed E-state index contributed by atoms with van der Waals surface area (Å²) < 4.78 is 0. The highest BCUT2D eigenvalue weighted by Gasteiger charge is 2.38. The van der Waals surface area contributed by atoms with E-state index in [4.69, 9.17) is 0 Å². The highest BCUT2D eigenvalue weighted by atomic mass is 14.4. The lowest BCUT2D eigenvalue weighted by molar-refractivity contribution is 0.281. The summed E-state index contributed by atoms with van der Waals surface area (Å²) in [6, 6.07) is 0. The quantitative estimate of drug-likeness (QED) is 0.249. The summed E-state index contributed by atoms with van der Waals surface area (Å²) in [4.78, 5) is 0. The van der Waals surface area contributed by atoms with Gasteiger partial charge in [-0.3, -0.25) is 0 Å². The third-order valence-corrected chi connectivity index (χ3v) is 23.5. The van der Waals surface area contributed by atoms with E-state index in [1.807, 2.05) is 0 Å². The monoisotopic (exact) mass is 1010 g/mol. The van der Waals surface area contributed by atoms with Crippen LogP contribution in [0.3, 0.4) is 0 Å². The van der Waals surface area contributed by atoms with Gasteiger partial charge in [-0.2, -0.15) is 0 Å². The molecule has 0 nitrogen and oxygen atoms in total. The summed E-state index contributed by atoms with van der Waals surface area (Å²) in [6.45, 7) is 44.9. The van der Waals surface area contributed by atoms with Gasteiger partial charge in [-0.05, 0) is 169 Å². The van der Waals surface area contributed by atoms with Crippen LogP contribution in [0, 0.1) is 92.2 Å². The van der Waals surface area contributed by atoms with E-state index < -0.39 is 0 Å². The van der Waals surface area contributed by atoms with Crippen molar-refractivity contribution in [2.24, 2.45) is 92.2 Å². The standard InChI is InChI=1S/C8H14.8C8H16/c1-6-7-2-3-8(6)5-4-7;1-7-4-5-8(2,3)6-7;2*1-7-5-4-6-8(7,2)3;1-7(2)8-5-3-4-6-8;2*1-3-8(2)6-4-5-7-8;1-3-8-6-4-5-7(8)2;1-2-5-8-6-3-4-7-8/h6-8H,2-5H2,1H3;3*7H,4-6H2,1-3H3;7-8H,3-6H2,1-2H3;2*3-7H2,1-2H3;7-8H,3-6H2,1-2H3;8H,2-7H2,1H3/t;2*7-;;;;;;/m.00....../s1. The van der Waals surface area contributed by atoms with Crippen LogP contribution in [0.25, 0.3) is 0 Å². The lowest BCUT2D eigenvalue weighted by atomic mass is 9.83. The molecule has 10 saturated carbocycles. The molecule has 0 radical (unpaired) electrons. The fourth-order valence-corrected chi connectivity index (χ4v) is 15.7. The topological polar surface area (TPSA) is 0 Å². The second-order valence-electron chi connectivity index (χ2n) is 31.2. The molecule has 10 aliphatic rings. The van der Waals surface area contributed by atoms with Gasteiger partial charge in [-0.25, -0.2) is 0 Å². The van der Waals surface area contributed by atoms with Crippen molar-refractivity contribution in [3.8, 4) is 0 Å². The van der Waals surface area contributed by atoms with Gasteiger partial charge in [0.05, 0.1) is 0 Å². The first-order valence-electron chi connectivity index (χ1n) is 33.8. The fraction of sp³-hybridized carbons (Fsp3) is 1.00. The maximum atomic E-state index is 2.44. The van der Waals surface area contributed by atoms with Gasteiger partial charge in [0.2, 0.25) is 0 Å². The molecule has 0 heteroatoms. The van der Waals surface area contributed by atoms with E-state index in [2.05, 4.69) is 132 Å². The van der Waals surface area contributed by atoms with Gasteiger partial charge in [-0.1, -0.05) is 292 Å². The van der Waals surface area contributed by atoms with Crippen LogP contribution in [-0.2, 0) is 0 Å². The molecule has 0 spiro atoms. The molecule has 10 fully saturated rings. The molecule has 3 unspecified atom stereocenters. The van der Waals surface area contributed by atoms with Crippen molar-refractivity contribution >= 4 is 0 Å². The SMILES string of the molecule is CC(C)C1CCCC1.CC1C2CCC1CC2.CC1CCCC1(C)C.CCC1(C)CCCC1.CCC1(C)CCCC1.CCC1CCCC1C.CCCC1CCCC1.C[C@H]1CCC(C)(C)C1.C[C@H]1CCCC1(C)C. The molecular weight excluding hydrogens is 865 g/mol. The van der Waals surface area contributed by atoms with E-state index >= 15 is 0 Å². The molecule has 0 saturated heterocycles. The normalized spacial score (nSPS) is 32.8. The maximum Gasteiger partial charge on any atom is -0.0328 e. The molecule has 0 aromatic carbocycles. The lowest BCUT2D eigenvalue weighted by Gasteiger charge is -2.22. The van der Waals surface area contributed by atoms with Crippen molar-refractivity contribution in [1.82, 2.24) is 0 Å². The lowest BCUT2D eigenvalue weighted by Crippen LogP contribution is -2.13. The van der Waals surface area contributed by atoms with Crippen molar-refractivity contribution in [3.05, 3.63) is 0 Å². The summed E-state index contributed by atoms with van der Waals surface area (Å²) in [5, 5.41) is 0. The van der Waals surface area contributed by atoms with Crippen molar-refractivity contribution < 1.29 is 0 Å². The summed E-state index contributed by atoms with van der Waals surface area (Å²) >= 11 is 0. The molecule has 10 aliphatic carbocycles. The summed E-state index contributed by atoms with van der Waals surface area (Å²) in [7, 11) is 0. The predicted molar refractivity (Wildman–Crippen MR) is 329 cm³/mol. The molecule has 0 N–H and O–H groups in total. The summed E-state index contributed by atoms with van der Waals surface area (Å²) in [6.07, 6.45) is 54.6. The zero-order valence-corrected chi connectivity index (χ0v) is 54.0. The van der Waals surface area contributed by atoms with E-state index in [1.54, 1.807) is 25.7 Å². The highest BCUT2D eigenvalue weighted by molar-refractivity contribution is 4.89. The van der Waals surface area contributed by atoms with Crippen molar-refractivity contribution in [1.29, 1.82) is 0 Å². The van der Waals surface area contributed by atoms with Gasteiger partial charge in [0.25, 0.3) is 0 Å². The Bertz CT molecular complexity index is 1210. The molecule has 72 heavy (non-hydrogen) atoms. The van der Waals surface area contributed by atoms with Crippen LogP contribution in [0.1, 0.15) is 369 Å². The minimum absolute atomic E-state index is 0.653. The van der Waals surface area contributed by atoms with Gasteiger partial charge in [-0.15, -0.1) is 0 Å². The van der Waals surface area contributed by atoms with Crippen LogP contribution in [0.2, 0.25) is 0 Å². The Labute approximate surface area is 459 Å². The van der Waals surface area contributed by atoms with Crippen LogP contribution in [0.5, 0.6) is 0 Å². The second-order valence-corrected chi connectivity index (χ2v) is 31.2. The van der Waals surface area contributed by atoms with E-state index in [0.29, 0.717) is 16.2 Å². The predicted octanol–water partition coefficient (Wildman–Crippen LogP) is 25.5. The first-order valence-corrected chi connectivity index (χ1v) is 33.8. The average Bonchev–Trinajstić information content (AvgIpc) is 4.19. The highest BCUT2D eigenvalue weighted by Crippen LogP contribution is 2.49. The Morgan fingerprint density at radius 3 is 1.03 bits per heavy atom. The molecule has 10 rings (SSSR count). The molecule has 5 atom stereocenters. The van der Waals surface area contributed by atoms with Crippen LogP contribution < -0.4 is 0 Å². The molecule has 0 heterocycles. The minimum atomic E-state index is 0.653. The van der Waals surface area contributed by atoms with E-state index in [-0.39, 0.29) is 0 Å². The van der Waals surface area contributed by atoms with Gasteiger partial charge in [0.1, 0.15) is 0 Å². The van der Waals surface area contributed by atoms with E-state index in [0.717, 1.165) is 75.9 Å². The first kappa shape index (κ1) is 68.1. The first-order chi connectivity index (χ1) is 33.8. The number of hydrogen-bond donors (Lipinski definition) is 0. The zero-order chi connectivity index (χ0) is 54.0. The van der Waals surface area contributed by atoms with Crippen LogP contribution in [0.15, 0.2) is 0 Å². The van der Waals surface area contributed by atoms with Gasteiger partial charge >= 0.3 is 0 Å². The van der Waals surface area contributed by atoms with Gasteiger partial charge in [0, 0.05) is 0 Å². The van der Waals surface area contributed by atoms with E-state index in [1.165, 1.54) is 212 Å². The van der Waals surface area contributed by atoms with Crippen molar-refractivity contribution in [2.75, 3.05) is 0 Å². The molecule has 0 aromatic heterocycles. The Kier molecular flexibility index (Phi) is 32.9. The Hall–Kier alpha value is 0. The largest absolute Gasteiger partial charge is 0.0654 e. The Morgan fingerprint density at radius 1 is 0.417 bits per heavy atom. The average molecular weight is 1010 g/mol. The smallest absolute Gasteiger partial charge is 0.0328 e. The number of hydrogen-bond acceptors (Lipinski definition) is 0. The van der Waals surface area contributed by atoms with Gasteiger partial charge in [0.15, 0.2) is 0 Å². The second kappa shape index (κ2) is 34.8.